The van der Waals surface area contributed by atoms with E-state index in [1.807, 2.05) is 13.0 Å². The summed E-state index contributed by atoms with van der Waals surface area (Å²) in [4.78, 5) is 31.1. The van der Waals surface area contributed by atoms with Crippen LogP contribution in [0.2, 0.25) is 0 Å². The number of nitrogens with one attached hydrogen (secondary N) is 1. The Kier molecular flexibility index (Phi) is 6.82. The van der Waals surface area contributed by atoms with Gasteiger partial charge in [-0.1, -0.05) is 25.1 Å². The zero-order valence-corrected chi connectivity index (χ0v) is 20.0. The number of aromatic nitrogens is 1. The lowest BCUT2D eigenvalue weighted by Gasteiger charge is -2.11. The van der Waals surface area contributed by atoms with Gasteiger partial charge >= 0.3 is 0 Å². The molecule has 180 valence electrons. The van der Waals surface area contributed by atoms with Crippen molar-refractivity contribution in [3.8, 4) is 11.5 Å². The van der Waals surface area contributed by atoms with Crippen LogP contribution in [0.5, 0.6) is 11.5 Å². The molecule has 0 fully saturated rings. The van der Waals surface area contributed by atoms with E-state index in [0.29, 0.717) is 40.3 Å². The summed E-state index contributed by atoms with van der Waals surface area (Å²) in [5, 5.41) is 3.28. The van der Waals surface area contributed by atoms with Crippen molar-refractivity contribution in [2.24, 2.45) is 0 Å². The fourth-order valence-electron chi connectivity index (χ4n) is 3.49. The number of benzene rings is 2. The molecular formula is C27H26FN3O4. The topological polar surface area (TPSA) is 84.7 Å². The Morgan fingerprint density at radius 3 is 2.49 bits per heavy atom. The molecule has 4 aromatic rings. The molecule has 2 amide bonds. The molecule has 1 atom stereocenters. The maximum atomic E-state index is 14.0. The maximum Gasteiger partial charge on any atom is 0.289 e. The quantitative estimate of drug-likeness (QED) is 0.339. The van der Waals surface area contributed by atoms with Gasteiger partial charge < -0.3 is 19.4 Å². The van der Waals surface area contributed by atoms with Crippen molar-refractivity contribution in [2.75, 3.05) is 19.4 Å². The van der Waals surface area contributed by atoms with Crippen molar-refractivity contribution in [1.29, 1.82) is 0 Å². The molecule has 7 nitrogen and oxygen atoms in total. The van der Waals surface area contributed by atoms with Gasteiger partial charge in [0.05, 0.1) is 5.39 Å². The van der Waals surface area contributed by atoms with E-state index in [1.54, 1.807) is 75.7 Å². The summed E-state index contributed by atoms with van der Waals surface area (Å²) in [5.74, 6) is 0.567. The number of pyridine rings is 1. The van der Waals surface area contributed by atoms with Crippen LogP contribution in [0.4, 0.5) is 10.2 Å². The molecule has 0 aliphatic rings. The predicted molar refractivity (Wildman–Crippen MR) is 132 cm³/mol. The van der Waals surface area contributed by atoms with Crippen LogP contribution in [0.3, 0.4) is 0 Å². The van der Waals surface area contributed by atoms with Crippen LogP contribution in [0.1, 0.15) is 51.6 Å². The highest BCUT2D eigenvalue weighted by molar-refractivity contribution is 6.07. The van der Waals surface area contributed by atoms with Crippen LogP contribution in [-0.2, 0) is 0 Å². The first-order valence-corrected chi connectivity index (χ1v) is 11.2. The summed E-state index contributed by atoms with van der Waals surface area (Å²) < 4.78 is 25.8. The van der Waals surface area contributed by atoms with Gasteiger partial charge in [-0.2, -0.15) is 0 Å². The summed E-state index contributed by atoms with van der Waals surface area (Å²) in [6.07, 6.45) is 0.987. The molecule has 2 heterocycles. The minimum Gasteiger partial charge on any atom is -0.457 e. The first-order valence-electron chi connectivity index (χ1n) is 11.2. The lowest BCUT2D eigenvalue weighted by molar-refractivity contribution is 0.0799. The number of furan rings is 1. The first kappa shape index (κ1) is 23.9. The standard InChI is InChI=1S/C27H26FN3O4/c1-5-21(28)17-7-9-19(10-8-17)34-22-12-18(26(32)30-25-11-6-16(2)15-29-25)13-23-20(22)14-24(35-23)27(33)31(3)4/h6-15,21H,5H2,1-4H3,(H,29,30,32). The number of aryl methyl sites for hydroxylation is 1. The van der Waals surface area contributed by atoms with Crippen LogP contribution >= 0.6 is 0 Å². The molecule has 0 aliphatic heterocycles. The number of amides is 2. The lowest BCUT2D eigenvalue weighted by Crippen LogP contribution is -2.20. The highest BCUT2D eigenvalue weighted by Crippen LogP contribution is 2.35. The molecule has 0 bridgehead atoms. The van der Waals surface area contributed by atoms with Crippen LogP contribution < -0.4 is 10.1 Å². The molecule has 1 N–H and O–H groups in total. The van der Waals surface area contributed by atoms with Crippen molar-refractivity contribution in [3.05, 3.63) is 83.2 Å². The Hall–Kier alpha value is -4.20. The number of carbonyl (C=O) groups is 2. The van der Waals surface area contributed by atoms with E-state index in [-0.39, 0.29) is 17.2 Å². The Balaban J connectivity index is 1.72. The number of carbonyl (C=O) groups excluding carboxylic acids is 2. The summed E-state index contributed by atoms with van der Waals surface area (Å²) in [6.45, 7) is 3.68. The van der Waals surface area contributed by atoms with Crippen molar-refractivity contribution in [3.63, 3.8) is 0 Å². The summed E-state index contributed by atoms with van der Waals surface area (Å²) in [5.41, 5.74) is 2.12. The van der Waals surface area contributed by atoms with Gasteiger partial charge in [-0.25, -0.2) is 9.37 Å². The summed E-state index contributed by atoms with van der Waals surface area (Å²) in [7, 11) is 3.24. The third kappa shape index (κ3) is 5.32. The molecule has 0 spiro atoms. The number of ether oxygens (including phenoxy) is 1. The van der Waals surface area contributed by atoms with Gasteiger partial charge in [0.2, 0.25) is 0 Å². The fourth-order valence-corrected chi connectivity index (χ4v) is 3.49. The Morgan fingerprint density at radius 1 is 1.11 bits per heavy atom. The van der Waals surface area contributed by atoms with Crippen LogP contribution in [-0.4, -0.2) is 35.8 Å². The smallest absolute Gasteiger partial charge is 0.289 e. The molecule has 8 heteroatoms. The van der Waals surface area contributed by atoms with Crippen molar-refractivity contribution >= 4 is 28.6 Å². The molecule has 2 aromatic heterocycles. The average molecular weight is 476 g/mol. The van der Waals surface area contributed by atoms with E-state index in [4.69, 9.17) is 9.15 Å². The molecule has 4 rings (SSSR count). The number of anilines is 1. The van der Waals surface area contributed by atoms with E-state index < -0.39 is 12.1 Å². The molecule has 1 unspecified atom stereocenters. The predicted octanol–water partition coefficient (Wildman–Crippen LogP) is 6.30. The molecule has 0 aliphatic carbocycles. The Morgan fingerprint density at radius 2 is 1.86 bits per heavy atom. The van der Waals surface area contributed by atoms with Crippen LogP contribution in [0.15, 0.2) is 65.2 Å². The summed E-state index contributed by atoms with van der Waals surface area (Å²) >= 11 is 0. The largest absolute Gasteiger partial charge is 0.457 e. The number of alkyl halides is 1. The third-order valence-corrected chi connectivity index (χ3v) is 5.46. The van der Waals surface area contributed by atoms with Gasteiger partial charge in [-0.05, 0) is 54.8 Å². The van der Waals surface area contributed by atoms with Crippen molar-refractivity contribution in [1.82, 2.24) is 9.88 Å². The van der Waals surface area contributed by atoms with Gasteiger partial charge in [0.15, 0.2) is 5.76 Å². The first-order chi connectivity index (χ1) is 16.7. The number of fused-ring (bicyclic) bond motifs is 1. The van der Waals surface area contributed by atoms with Gasteiger partial charge in [0, 0.05) is 31.9 Å². The Bertz CT molecular complexity index is 1360. The van der Waals surface area contributed by atoms with Gasteiger partial charge in [0.1, 0.15) is 29.1 Å². The van der Waals surface area contributed by atoms with E-state index in [1.165, 1.54) is 4.90 Å². The number of rotatable bonds is 7. The van der Waals surface area contributed by atoms with Crippen molar-refractivity contribution < 1.29 is 23.1 Å². The number of hydrogen-bond acceptors (Lipinski definition) is 5. The van der Waals surface area contributed by atoms with E-state index in [9.17, 15) is 14.0 Å². The number of halogens is 1. The van der Waals surface area contributed by atoms with E-state index in [0.717, 1.165) is 5.56 Å². The molecule has 0 saturated heterocycles. The monoisotopic (exact) mass is 475 g/mol. The maximum absolute atomic E-state index is 14.0. The average Bonchev–Trinajstić information content (AvgIpc) is 3.29. The second-order valence-corrected chi connectivity index (χ2v) is 8.42. The normalized spacial score (nSPS) is 11.8. The number of hydrogen-bond donors (Lipinski definition) is 1. The van der Waals surface area contributed by atoms with Crippen molar-refractivity contribution in [2.45, 2.75) is 26.4 Å². The van der Waals surface area contributed by atoms with Gasteiger partial charge in [-0.3, -0.25) is 9.59 Å². The van der Waals surface area contributed by atoms with E-state index in [2.05, 4.69) is 10.3 Å². The SMILES string of the molecule is CCC(F)c1ccc(Oc2cc(C(=O)Nc3ccc(C)cn3)cc3oc(C(=O)N(C)C)cc23)cc1. The number of nitrogens with zero attached hydrogens (tertiary/aromatic N) is 2. The highest BCUT2D eigenvalue weighted by Gasteiger charge is 2.20. The molecule has 35 heavy (non-hydrogen) atoms. The zero-order valence-electron chi connectivity index (χ0n) is 20.0. The minimum atomic E-state index is -1.05. The zero-order chi connectivity index (χ0) is 25.1. The van der Waals surface area contributed by atoms with E-state index >= 15 is 0 Å². The Labute approximate surface area is 202 Å². The molecule has 0 radical (unpaired) electrons. The molecular weight excluding hydrogens is 449 g/mol. The second-order valence-electron chi connectivity index (χ2n) is 8.42. The lowest BCUT2D eigenvalue weighted by atomic mass is 10.1. The van der Waals surface area contributed by atoms with Crippen LogP contribution in [0.25, 0.3) is 11.0 Å². The third-order valence-electron chi connectivity index (χ3n) is 5.46. The summed E-state index contributed by atoms with van der Waals surface area (Å²) in [6, 6.07) is 14.9. The fraction of sp³-hybridized carbons (Fsp3) is 0.222. The van der Waals surface area contributed by atoms with Gasteiger partial charge in [-0.15, -0.1) is 0 Å². The van der Waals surface area contributed by atoms with Crippen LogP contribution in [0, 0.1) is 6.92 Å². The molecule has 2 aromatic carbocycles. The minimum absolute atomic E-state index is 0.117. The highest BCUT2D eigenvalue weighted by atomic mass is 19.1. The van der Waals surface area contributed by atoms with Gasteiger partial charge in [0.25, 0.3) is 11.8 Å². The molecule has 0 saturated carbocycles. The second kappa shape index (κ2) is 9.97.